The Labute approximate surface area is 160 Å². The van der Waals surface area contributed by atoms with Crippen LogP contribution in [0.3, 0.4) is 0 Å². The van der Waals surface area contributed by atoms with E-state index in [9.17, 15) is 4.79 Å². The lowest BCUT2D eigenvalue weighted by atomic mass is 10.1. The van der Waals surface area contributed by atoms with Crippen LogP contribution >= 0.6 is 0 Å². The third-order valence-corrected chi connectivity index (χ3v) is 5.01. The second-order valence-electron chi connectivity index (χ2n) is 6.71. The molecule has 27 heavy (non-hydrogen) atoms. The molecule has 3 rings (SSSR count). The molecular weight excluding hydrogens is 342 g/mol. The fourth-order valence-electron chi connectivity index (χ4n) is 3.39. The molecule has 1 heterocycles. The molecule has 0 spiro atoms. The van der Waals surface area contributed by atoms with E-state index in [1.54, 1.807) is 14.2 Å². The second kappa shape index (κ2) is 8.20. The summed E-state index contributed by atoms with van der Waals surface area (Å²) in [6.07, 6.45) is 0. The summed E-state index contributed by atoms with van der Waals surface area (Å²) < 4.78 is 10.8. The molecule has 0 aliphatic carbocycles. The smallest absolute Gasteiger partial charge is 0.321 e. The zero-order valence-electron chi connectivity index (χ0n) is 16.4. The third kappa shape index (κ3) is 4.10. The first kappa shape index (κ1) is 18.9. The van der Waals surface area contributed by atoms with Gasteiger partial charge in [-0.3, -0.25) is 0 Å². The minimum absolute atomic E-state index is 0.0512. The van der Waals surface area contributed by atoms with Gasteiger partial charge in [0.1, 0.15) is 11.5 Å². The highest BCUT2D eigenvalue weighted by Gasteiger charge is 2.24. The predicted octanol–water partition coefficient (Wildman–Crippen LogP) is 3.67. The molecule has 1 aliphatic heterocycles. The Kier molecular flexibility index (Phi) is 5.74. The van der Waals surface area contributed by atoms with Crippen molar-refractivity contribution in [2.24, 2.45) is 0 Å². The van der Waals surface area contributed by atoms with Crippen molar-refractivity contribution in [1.82, 2.24) is 4.90 Å². The van der Waals surface area contributed by atoms with Crippen molar-refractivity contribution in [2.45, 2.75) is 13.8 Å². The molecule has 1 saturated heterocycles. The summed E-state index contributed by atoms with van der Waals surface area (Å²) in [7, 11) is 3.32. The molecule has 2 aromatic carbocycles. The lowest BCUT2D eigenvalue weighted by Gasteiger charge is -2.36. The van der Waals surface area contributed by atoms with Crippen LogP contribution in [0.25, 0.3) is 0 Å². The van der Waals surface area contributed by atoms with Gasteiger partial charge >= 0.3 is 6.03 Å². The minimum atomic E-state index is -0.0512. The number of rotatable bonds is 4. The molecular formula is C21H27N3O3. The number of anilines is 2. The van der Waals surface area contributed by atoms with Crippen LogP contribution in [0.5, 0.6) is 11.5 Å². The van der Waals surface area contributed by atoms with Crippen molar-refractivity contribution in [2.75, 3.05) is 50.6 Å². The Morgan fingerprint density at radius 3 is 2.22 bits per heavy atom. The minimum Gasteiger partial charge on any atom is -0.497 e. The van der Waals surface area contributed by atoms with E-state index in [0.717, 1.165) is 47.1 Å². The Morgan fingerprint density at radius 2 is 1.63 bits per heavy atom. The Hall–Kier alpha value is -2.89. The number of hydrogen-bond donors (Lipinski definition) is 1. The molecule has 6 heteroatoms. The van der Waals surface area contributed by atoms with Gasteiger partial charge in [-0.05, 0) is 37.1 Å². The maximum atomic E-state index is 12.7. The SMILES string of the molecule is COc1ccc(OC)c(N2CCN(C(=O)Nc3c(C)cccc3C)CC2)c1. The molecule has 1 aliphatic rings. The number of nitrogens with one attached hydrogen (secondary N) is 1. The quantitative estimate of drug-likeness (QED) is 0.893. The average molecular weight is 369 g/mol. The molecule has 0 aromatic heterocycles. The summed E-state index contributed by atoms with van der Waals surface area (Å²) in [5.74, 6) is 1.60. The average Bonchev–Trinajstić information content (AvgIpc) is 2.70. The number of aryl methyl sites for hydroxylation is 2. The lowest BCUT2D eigenvalue weighted by Crippen LogP contribution is -2.50. The van der Waals surface area contributed by atoms with Gasteiger partial charge < -0.3 is 24.6 Å². The van der Waals surface area contributed by atoms with E-state index in [2.05, 4.69) is 10.2 Å². The van der Waals surface area contributed by atoms with E-state index >= 15 is 0 Å². The number of piperazine rings is 1. The van der Waals surface area contributed by atoms with Crippen LogP contribution < -0.4 is 19.7 Å². The Bertz CT molecular complexity index is 794. The molecule has 2 amide bonds. The van der Waals surface area contributed by atoms with Gasteiger partial charge in [0.05, 0.1) is 19.9 Å². The summed E-state index contributed by atoms with van der Waals surface area (Å²) >= 11 is 0. The monoisotopic (exact) mass is 369 g/mol. The van der Waals surface area contributed by atoms with Gasteiger partial charge in [-0.15, -0.1) is 0 Å². The van der Waals surface area contributed by atoms with Crippen LogP contribution in [0.2, 0.25) is 0 Å². The maximum Gasteiger partial charge on any atom is 0.321 e. The molecule has 0 saturated carbocycles. The molecule has 0 bridgehead atoms. The van der Waals surface area contributed by atoms with Gasteiger partial charge in [0, 0.05) is 37.9 Å². The van der Waals surface area contributed by atoms with Crippen molar-refractivity contribution in [3.63, 3.8) is 0 Å². The zero-order valence-corrected chi connectivity index (χ0v) is 16.4. The van der Waals surface area contributed by atoms with Gasteiger partial charge in [0.2, 0.25) is 0 Å². The first-order chi connectivity index (χ1) is 13.0. The number of urea groups is 1. The molecule has 0 radical (unpaired) electrons. The number of ether oxygens (including phenoxy) is 2. The Balaban J connectivity index is 1.66. The van der Waals surface area contributed by atoms with E-state index in [0.29, 0.717) is 13.1 Å². The highest BCUT2D eigenvalue weighted by molar-refractivity contribution is 5.91. The highest BCUT2D eigenvalue weighted by Crippen LogP contribution is 2.33. The topological polar surface area (TPSA) is 54.0 Å². The predicted molar refractivity (Wildman–Crippen MR) is 108 cm³/mol. The lowest BCUT2D eigenvalue weighted by molar-refractivity contribution is 0.208. The van der Waals surface area contributed by atoms with Gasteiger partial charge in [-0.2, -0.15) is 0 Å². The van der Waals surface area contributed by atoms with Crippen LogP contribution in [0.1, 0.15) is 11.1 Å². The number of amides is 2. The first-order valence-corrected chi connectivity index (χ1v) is 9.12. The van der Waals surface area contributed by atoms with Gasteiger partial charge in [0.15, 0.2) is 0 Å². The van der Waals surface area contributed by atoms with E-state index in [1.165, 1.54) is 0 Å². The van der Waals surface area contributed by atoms with Gasteiger partial charge in [-0.25, -0.2) is 4.79 Å². The van der Waals surface area contributed by atoms with E-state index in [-0.39, 0.29) is 6.03 Å². The molecule has 2 aromatic rings. The van der Waals surface area contributed by atoms with Crippen molar-refractivity contribution in [3.05, 3.63) is 47.5 Å². The molecule has 0 unspecified atom stereocenters. The normalized spacial score (nSPS) is 14.1. The molecule has 1 fully saturated rings. The third-order valence-electron chi connectivity index (χ3n) is 5.01. The van der Waals surface area contributed by atoms with Gasteiger partial charge in [0.25, 0.3) is 0 Å². The van der Waals surface area contributed by atoms with Crippen molar-refractivity contribution in [1.29, 1.82) is 0 Å². The summed E-state index contributed by atoms with van der Waals surface area (Å²) in [5, 5.41) is 3.07. The number of hydrogen-bond acceptors (Lipinski definition) is 4. The largest absolute Gasteiger partial charge is 0.497 e. The van der Waals surface area contributed by atoms with Crippen LogP contribution in [0, 0.1) is 13.8 Å². The van der Waals surface area contributed by atoms with Crippen LogP contribution in [0.15, 0.2) is 36.4 Å². The number of nitrogens with zero attached hydrogens (tertiary/aromatic N) is 2. The molecule has 1 N–H and O–H groups in total. The maximum absolute atomic E-state index is 12.7. The zero-order chi connectivity index (χ0) is 19.4. The van der Waals surface area contributed by atoms with E-state index in [4.69, 9.17) is 9.47 Å². The number of para-hydroxylation sites is 1. The fraction of sp³-hybridized carbons (Fsp3) is 0.381. The van der Waals surface area contributed by atoms with Crippen molar-refractivity contribution < 1.29 is 14.3 Å². The van der Waals surface area contributed by atoms with Crippen LogP contribution in [0.4, 0.5) is 16.2 Å². The highest BCUT2D eigenvalue weighted by atomic mass is 16.5. The molecule has 6 nitrogen and oxygen atoms in total. The molecule has 144 valence electrons. The first-order valence-electron chi connectivity index (χ1n) is 9.12. The van der Waals surface area contributed by atoms with E-state index in [1.807, 2.05) is 55.1 Å². The summed E-state index contributed by atoms with van der Waals surface area (Å²) in [6.45, 7) is 6.80. The van der Waals surface area contributed by atoms with Crippen molar-refractivity contribution in [3.8, 4) is 11.5 Å². The van der Waals surface area contributed by atoms with Crippen LogP contribution in [-0.4, -0.2) is 51.3 Å². The fourth-order valence-corrected chi connectivity index (χ4v) is 3.39. The Morgan fingerprint density at radius 1 is 0.963 bits per heavy atom. The summed E-state index contributed by atoms with van der Waals surface area (Å²) in [6, 6.07) is 11.7. The summed E-state index contributed by atoms with van der Waals surface area (Å²) in [4.78, 5) is 16.8. The molecule has 0 atom stereocenters. The number of carbonyl (C=O) groups is 1. The standard InChI is InChI=1S/C21H27N3O3/c1-15-6-5-7-16(2)20(15)22-21(25)24-12-10-23(11-13-24)18-14-17(26-3)8-9-19(18)27-4/h5-9,14H,10-13H2,1-4H3,(H,22,25). The van der Waals surface area contributed by atoms with Gasteiger partial charge in [-0.1, -0.05) is 18.2 Å². The van der Waals surface area contributed by atoms with Crippen molar-refractivity contribution >= 4 is 17.4 Å². The number of carbonyl (C=O) groups excluding carboxylic acids is 1. The number of benzene rings is 2. The summed E-state index contributed by atoms with van der Waals surface area (Å²) in [5.41, 5.74) is 4.04. The van der Waals surface area contributed by atoms with E-state index < -0.39 is 0 Å². The van der Waals surface area contributed by atoms with Crippen LogP contribution in [-0.2, 0) is 0 Å². The second-order valence-corrected chi connectivity index (χ2v) is 6.71. The number of methoxy groups -OCH3 is 2.